The molecule has 1 spiro atoms. The average Bonchev–Trinajstić information content (AvgIpc) is 2.92. The van der Waals surface area contributed by atoms with Crippen LogP contribution < -0.4 is 9.47 Å². The van der Waals surface area contributed by atoms with Crippen LogP contribution in [-0.2, 0) is 16.6 Å². The summed E-state index contributed by atoms with van der Waals surface area (Å²) in [5.41, 5.74) is 0.548. The molecule has 5 rings (SSSR count). The molecule has 1 saturated carbocycles. The third-order valence-corrected chi connectivity index (χ3v) is 5.76. The van der Waals surface area contributed by atoms with Gasteiger partial charge in [0, 0.05) is 31.6 Å². The Kier molecular flexibility index (Phi) is 1.53. The summed E-state index contributed by atoms with van der Waals surface area (Å²) >= 11 is 0. The van der Waals surface area contributed by atoms with E-state index in [0.717, 1.165) is 11.1 Å². The topological polar surface area (TPSA) is 38.8 Å². The Morgan fingerprint density at radius 1 is 1.59 bits per heavy atom. The summed E-state index contributed by atoms with van der Waals surface area (Å²) in [6.45, 7) is -2.19. The number of piperidine rings is 1. The van der Waals surface area contributed by atoms with E-state index in [1.807, 2.05) is 6.07 Å². The Balaban J connectivity index is 1.82. The van der Waals surface area contributed by atoms with E-state index >= 15 is 0 Å². The number of hydrogen-bond acceptors (Lipinski definition) is 4. The van der Waals surface area contributed by atoms with Crippen molar-refractivity contribution < 1.29 is 22.5 Å². The van der Waals surface area contributed by atoms with Crippen LogP contribution in [0.4, 0.5) is 0 Å². The zero-order chi connectivity index (χ0) is 20.3. The first kappa shape index (κ1) is 8.34. The molecule has 0 radical (unpaired) electrons. The fraction of sp³-hybridized carbons (Fsp3) is 0.611. The molecule has 0 amide bonds. The molecule has 1 aromatic rings. The summed E-state index contributed by atoms with van der Waals surface area (Å²) < 4.78 is 61.4. The predicted molar refractivity (Wildman–Crippen MR) is 81.6 cm³/mol. The average molecular weight is 305 g/mol. The molecule has 116 valence electrons. The molecule has 1 saturated heterocycles. The second-order valence-corrected chi connectivity index (χ2v) is 6.51. The number of Topliss-reactive ketones (excluding diaryl/α,β-unsaturated/α-hetero) is 1. The van der Waals surface area contributed by atoms with Gasteiger partial charge < -0.3 is 14.4 Å². The number of ketones is 1. The first-order valence-electron chi connectivity index (χ1n) is 10.7. The van der Waals surface area contributed by atoms with Gasteiger partial charge >= 0.3 is 0 Å². The highest BCUT2D eigenvalue weighted by atomic mass is 16.5. The van der Waals surface area contributed by atoms with Gasteiger partial charge in [-0.1, -0.05) is 6.07 Å². The van der Waals surface area contributed by atoms with E-state index < -0.39 is 42.6 Å². The summed E-state index contributed by atoms with van der Waals surface area (Å²) in [6.07, 6.45) is -3.17. The lowest BCUT2D eigenvalue weighted by Gasteiger charge is -2.57. The van der Waals surface area contributed by atoms with Gasteiger partial charge in [-0.15, -0.1) is 0 Å². The van der Waals surface area contributed by atoms with Crippen molar-refractivity contribution in [1.82, 2.24) is 4.90 Å². The van der Waals surface area contributed by atoms with Crippen molar-refractivity contribution in [3.8, 4) is 11.5 Å². The summed E-state index contributed by atoms with van der Waals surface area (Å²) in [4.78, 5) is 14.4. The molecule has 4 aliphatic rings. The second kappa shape index (κ2) is 4.05. The SMILES string of the molecule is [2H]C1([2H])C[C@@]2([2H])[C@H]3Cc4ccc(OC)c5c4[C@@]2(CCN3C([2H])([2H])[2H])C(O5)C1=O. The van der Waals surface area contributed by atoms with Gasteiger partial charge in [0.15, 0.2) is 23.4 Å². The molecule has 22 heavy (non-hydrogen) atoms. The van der Waals surface area contributed by atoms with Crippen LogP contribution in [0.3, 0.4) is 0 Å². The Labute approximate surface area is 138 Å². The molecule has 4 heteroatoms. The lowest BCUT2D eigenvalue weighted by atomic mass is 9.52. The lowest BCUT2D eigenvalue weighted by Crippen LogP contribution is -2.65. The van der Waals surface area contributed by atoms with Crippen LogP contribution in [0.25, 0.3) is 0 Å². The molecule has 2 heterocycles. The van der Waals surface area contributed by atoms with Crippen molar-refractivity contribution in [2.24, 2.45) is 5.89 Å². The molecular formula is C18H21NO3. The Bertz CT molecular complexity index is 902. The fourth-order valence-electron chi connectivity index (χ4n) is 4.84. The van der Waals surface area contributed by atoms with Crippen LogP contribution in [-0.4, -0.2) is 43.5 Å². The van der Waals surface area contributed by atoms with E-state index in [4.69, 9.17) is 16.3 Å². The molecule has 1 unspecified atom stereocenters. The predicted octanol–water partition coefficient (Wildman–Crippen LogP) is 1.93. The maximum absolute atomic E-state index is 13.0. The van der Waals surface area contributed by atoms with Crippen molar-refractivity contribution in [1.29, 1.82) is 0 Å². The van der Waals surface area contributed by atoms with Crippen molar-refractivity contribution in [3.63, 3.8) is 0 Å². The molecule has 2 bridgehead atoms. The highest BCUT2D eigenvalue weighted by Gasteiger charge is 2.65. The minimum absolute atomic E-state index is 0.202. The number of likely N-dealkylation sites (tertiary alicyclic amines) is 1. The number of methoxy groups -OCH3 is 1. The third kappa shape index (κ3) is 1.27. The van der Waals surface area contributed by atoms with Gasteiger partial charge in [-0.05, 0) is 50.3 Å². The van der Waals surface area contributed by atoms with Crippen molar-refractivity contribution >= 4 is 5.78 Å². The summed E-state index contributed by atoms with van der Waals surface area (Å²) in [5.74, 6) is -1.29. The van der Waals surface area contributed by atoms with E-state index in [1.54, 1.807) is 6.07 Å². The Morgan fingerprint density at radius 3 is 3.32 bits per heavy atom. The van der Waals surface area contributed by atoms with Gasteiger partial charge in [-0.25, -0.2) is 0 Å². The number of rotatable bonds is 1. The summed E-state index contributed by atoms with van der Waals surface area (Å²) in [7, 11) is 1.50. The zero-order valence-electron chi connectivity index (χ0n) is 18.3. The van der Waals surface area contributed by atoms with Gasteiger partial charge in [0.2, 0.25) is 0 Å². The van der Waals surface area contributed by atoms with Crippen LogP contribution in [0.1, 0.15) is 38.6 Å². The van der Waals surface area contributed by atoms with E-state index in [0.29, 0.717) is 17.9 Å². The number of likely N-dealkylation sites (N-methyl/N-ethyl adjacent to an activating group) is 1. The van der Waals surface area contributed by atoms with E-state index in [-0.39, 0.29) is 19.4 Å². The highest BCUT2D eigenvalue weighted by Crippen LogP contribution is 2.62. The molecule has 4 nitrogen and oxygen atoms in total. The first-order valence-corrected chi connectivity index (χ1v) is 7.65. The molecule has 1 aromatic carbocycles. The molecule has 2 fully saturated rings. The van der Waals surface area contributed by atoms with Gasteiger partial charge in [0.05, 0.1) is 7.11 Å². The molecule has 4 atom stereocenters. The third-order valence-electron chi connectivity index (χ3n) is 5.76. The lowest BCUT2D eigenvalue weighted by molar-refractivity contribution is -0.138. The number of carbonyl (C=O) groups excluding carboxylic acids is 1. The van der Waals surface area contributed by atoms with Crippen LogP contribution in [0.15, 0.2) is 12.1 Å². The number of hydrogen-bond donors (Lipinski definition) is 0. The van der Waals surface area contributed by atoms with Crippen LogP contribution >= 0.6 is 0 Å². The van der Waals surface area contributed by atoms with Gasteiger partial charge in [0.25, 0.3) is 0 Å². The largest absolute Gasteiger partial charge is 0.493 e. The molecule has 2 aliphatic carbocycles. The van der Waals surface area contributed by atoms with Gasteiger partial charge in [0.1, 0.15) is 0 Å². The van der Waals surface area contributed by atoms with Crippen LogP contribution in [0.2, 0.25) is 0 Å². The minimum Gasteiger partial charge on any atom is -0.493 e. The number of nitrogens with zero attached hydrogens (tertiary/aromatic N) is 1. The normalized spacial score (nSPS) is 48.7. The van der Waals surface area contributed by atoms with E-state index in [2.05, 4.69) is 0 Å². The maximum Gasteiger partial charge on any atom is 0.174 e. The maximum atomic E-state index is 13.0. The summed E-state index contributed by atoms with van der Waals surface area (Å²) in [5, 5.41) is 0. The van der Waals surface area contributed by atoms with Gasteiger partial charge in [-0.3, -0.25) is 4.79 Å². The number of benzene rings is 1. The van der Waals surface area contributed by atoms with Crippen LogP contribution in [0, 0.1) is 5.89 Å². The summed E-state index contributed by atoms with van der Waals surface area (Å²) in [6, 6.07) is 2.86. The fourth-order valence-corrected chi connectivity index (χ4v) is 4.84. The molecule has 0 aromatic heterocycles. The smallest absolute Gasteiger partial charge is 0.174 e. The number of carbonyl (C=O) groups is 1. The second-order valence-electron chi connectivity index (χ2n) is 6.51. The van der Waals surface area contributed by atoms with Crippen molar-refractivity contribution in [2.45, 2.75) is 43.2 Å². The van der Waals surface area contributed by atoms with E-state index in [1.165, 1.54) is 12.0 Å². The quantitative estimate of drug-likeness (QED) is 0.795. The first-order chi connectivity index (χ1) is 13.0. The van der Waals surface area contributed by atoms with Gasteiger partial charge in [-0.2, -0.15) is 0 Å². The molecule has 0 N–H and O–H groups in total. The monoisotopic (exact) mass is 305 g/mol. The minimum atomic E-state index is -2.39. The van der Waals surface area contributed by atoms with E-state index in [9.17, 15) is 6.17 Å². The van der Waals surface area contributed by atoms with Crippen molar-refractivity contribution in [3.05, 3.63) is 23.3 Å². The van der Waals surface area contributed by atoms with Crippen molar-refractivity contribution in [2.75, 3.05) is 20.6 Å². The zero-order valence-corrected chi connectivity index (χ0v) is 12.3. The molecular weight excluding hydrogens is 278 g/mol. The molecule has 2 aliphatic heterocycles. The van der Waals surface area contributed by atoms with Crippen LogP contribution in [0.5, 0.6) is 11.5 Å². The number of ether oxygens (including phenoxy) is 2. The Hall–Kier alpha value is -1.55. The standard InChI is InChI=1S/C18H21NO3/c1-19-8-7-18-11-4-5-13(20)17(18)22-16-14(21-2)6-3-10(15(16)18)9-12(11)19/h3,6,11-12,17H,4-5,7-9H2,1-2H3/t11-,12+,17?,18-/m0/s1/i1D3,5D2,11D. The Morgan fingerprint density at radius 2 is 2.50 bits per heavy atom. The highest BCUT2D eigenvalue weighted by molar-refractivity contribution is 5.89.